The lowest BCUT2D eigenvalue weighted by Gasteiger charge is -2.19. The van der Waals surface area contributed by atoms with Gasteiger partial charge in [0.15, 0.2) is 5.78 Å². The molecule has 0 fully saturated rings. The molecular weight excluding hydrogens is 1650 g/mol. The van der Waals surface area contributed by atoms with Crippen LogP contribution in [0.4, 0.5) is 38.4 Å². The van der Waals surface area contributed by atoms with E-state index < -0.39 is 35.3 Å². The molecule has 0 aliphatic rings. The van der Waals surface area contributed by atoms with E-state index in [4.69, 9.17) is 31.9 Å². The Balaban J connectivity index is 0. The van der Waals surface area contributed by atoms with E-state index in [1.807, 2.05) is 142 Å². The Hall–Kier alpha value is -11.5. The maximum atomic E-state index is 11.9. The van der Waals surface area contributed by atoms with Crippen LogP contribution >= 0.6 is 44.3 Å². The summed E-state index contributed by atoms with van der Waals surface area (Å²) in [5, 5.41) is 53.3. The number of halogens is 3. The number of nitrogens with zero attached hydrogens (tertiary/aromatic N) is 10. The van der Waals surface area contributed by atoms with Crippen LogP contribution in [0, 0.1) is 11.3 Å². The maximum absolute atomic E-state index is 11.9. The first-order chi connectivity index (χ1) is 54.6. The minimum Gasteiger partial charge on any atom is -0.478 e. The quantitative estimate of drug-likeness (QED) is 0.00667. The van der Waals surface area contributed by atoms with Gasteiger partial charge < -0.3 is 74.5 Å². The van der Waals surface area contributed by atoms with Crippen LogP contribution in [0.3, 0.4) is 0 Å². The lowest BCUT2D eigenvalue weighted by atomic mass is 10.1. The van der Waals surface area contributed by atoms with Crippen LogP contribution in [0.1, 0.15) is 149 Å². The van der Waals surface area contributed by atoms with Crippen molar-refractivity contribution in [1.82, 2.24) is 61.1 Å². The monoisotopic (exact) mass is 1760 g/mol. The minimum atomic E-state index is -1.06. The third-order valence-corrected chi connectivity index (χ3v) is 15.7. The Morgan fingerprint density at radius 3 is 1.24 bits per heavy atom. The molecule has 10 aromatic rings. The average molecular weight is 1770 g/mol. The van der Waals surface area contributed by atoms with Crippen LogP contribution < -0.4 is 56.3 Å². The van der Waals surface area contributed by atoms with E-state index in [2.05, 4.69) is 127 Å². The van der Waals surface area contributed by atoms with Gasteiger partial charge in [0.2, 0.25) is 0 Å². The number of carbonyl (C=O) groups is 6. The fourth-order valence-corrected chi connectivity index (χ4v) is 9.22. The molecule has 10 rings (SSSR count). The number of aromatic carboxylic acids is 2. The summed E-state index contributed by atoms with van der Waals surface area (Å²) in [6.45, 7) is 22.8. The second kappa shape index (κ2) is 61.0. The Kier molecular flexibility index (Phi) is 56.0. The predicted octanol–water partition coefficient (Wildman–Crippen LogP) is 15.2. The van der Waals surface area contributed by atoms with Crippen molar-refractivity contribution in [2.24, 2.45) is 23.2 Å². The molecule has 6 heterocycles. The van der Waals surface area contributed by atoms with Crippen molar-refractivity contribution in [3.8, 4) is 39.8 Å². The Morgan fingerprint density at radius 1 is 0.538 bits per heavy atom. The SMILES string of the molecule is CC(C)(C)OC(=O)NCCn1nc(-c2ccccc2)cc1N.CC(C)(C)OC(=O)NCCn1nc(-c2ccccc2)cc1Nc1cnccc1C(=O)O.CCCBr.CCCC.CCCCN.COC(=O)c1ccncc1Br.Cl.N.N#CCC(=O)c1ccccc1.NCCn1nc(-c2ccccc2)cc1Nc1cnccc1C(=O)O.NN.O. The fourth-order valence-electron chi connectivity index (χ4n) is 8.80. The zero-order valence-corrected chi connectivity index (χ0v) is 72.2. The summed E-state index contributed by atoms with van der Waals surface area (Å²) in [5.74, 6) is 7.23. The highest BCUT2D eigenvalue weighted by Gasteiger charge is 2.20. The fraction of sp³-hybridized carbons (Fsp3) is 0.329. The number of esters is 1. The third kappa shape index (κ3) is 43.1. The van der Waals surface area contributed by atoms with Crippen LogP contribution in [0.2, 0.25) is 0 Å². The van der Waals surface area contributed by atoms with E-state index in [-0.39, 0.29) is 59.9 Å². The number of carboxylic acids is 2. The van der Waals surface area contributed by atoms with Crippen molar-refractivity contribution >= 4 is 109 Å². The van der Waals surface area contributed by atoms with Crippen molar-refractivity contribution < 1.29 is 58.7 Å². The van der Waals surface area contributed by atoms with E-state index in [1.165, 1.54) is 82.3 Å². The number of ether oxygens (including phenoxy) is 3. The van der Waals surface area contributed by atoms with Gasteiger partial charge in [-0.2, -0.15) is 20.6 Å². The number of pyridine rings is 3. The number of rotatable bonds is 24. The first-order valence-corrected chi connectivity index (χ1v) is 38.4. The number of nitrogens with one attached hydrogen (secondary N) is 4. The number of ketones is 1. The second-order valence-electron chi connectivity index (χ2n) is 25.7. The Labute approximate surface area is 708 Å². The average Bonchev–Trinajstić information content (AvgIpc) is 1.67. The van der Waals surface area contributed by atoms with Crippen LogP contribution in [0.25, 0.3) is 33.8 Å². The van der Waals surface area contributed by atoms with Crippen LogP contribution in [-0.4, -0.2) is 146 Å². The predicted molar refractivity (Wildman–Crippen MR) is 471 cm³/mol. The molecule has 4 aromatic carbocycles. The Bertz CT molecular complexity index is 4460. The van der Waals surface area contributed by atoms with Gasteiger partial charge in [0.05, 0.1) is 101 Å². The van der Waals surface area contributed by atoms with Crippen molar-refractivity contribution in [2.75, 3.05) is 55.0 Å². The molecule has 21 N–H and O–H groups in total. The molecule has 0 radical (unpaired) electrons. The molecule has 35 heteroatoms. The summed E-state index contributed by atoms with van der Waals surface area (Å²) >= 11 is 6.42. The van der Waals surface area contributed by atoms with E-state index in [0.717, 1.165) is 40.0 Å². The largest absolute Gasteiger partial charge is 0.478 e. The normalized spacial score (nSPS) is 9.81. The van der Waals surface area contributed by atoms with Gasteiger partial charge in [-0.25, -0.2) is 38.0 Å². The van der Waals surface area contributed by atoms with Gasteiger partial charge in [0, 0.05) is 90.2 Å². The number of hydrogen-bond donors (Lipinski definition) is 12. The van der Waals surface area contributed by atoms with Crippen LogP contribution in [0.15, 0.2) is 199 Å². The molecule has 0 aliphatic heterocycles. The molecule has 0 atom stereocenters. The number of carboxylic acid groups (broad SMARTS) is 2. The van der Waals surface area contributed by atoms with Gasteiger partial charge in [-0.1, -0.05) is 184 Å². The maximum Gasteiger partial charge on any atom is 0.407 e. The van der Waals surface area contributed by atoms with Gasteiger partial charge in [0.1, 0.15) is 28.7 Å². The van der Waals surface area contributed by atoms with Gasteiger partial charge in [-0.05, 0) is 95.1 Å². The molecule has 6 aromatic heterocycles. The molecule has 0 bridgehead atoms. The number of benzene rings is 4. The molecule has 32 nitrogen and oxygen atoms in total. The number of nitriles is 1. The molecule has 117 heavy (non-hydrogen) atoms. The Morgan fingerprint density at radius 2 is 0.906 bits per heavy atom. The molecule has 636 valence electrons. The molecule has 0 unspecified atom stereocenters. The van der Waals surface area contributed by atoms with Crippen molar-refractivity contribution in [1.29, 1.82) is 5.26 Å². The summed E-state index contributed by atoms with van der Waals surface area (Å²) in [6, 6.07) is 49.8. The molecule has 0 spiro atoms. The van der Waals surface area contributed by atoms with Crippen molar-refractivity contribution in [2.45, 2.75) is 139 Å². The highest BCUT2D eigenvalue weighted by Crippen LogP contribution is 2.29. The van der Waals surface area contributed by atoms with Crippen molar-refractivity contribution in [3.63, 3.8) is 0 Å². The lowest BCUT2D eigenvalue weighted by molar-refractivity contribution is 0.0514. The zero-order valence-electron chi connectivity index (χ0n) is 68.2. The molecule has 0 aliphatic carbocycles. The third-order valence-electron chi connectivity index (χ3n) is 14.3. The number of unbranched alkanes of at least 4 members (excludes halogenated alkanes) is 2. The van der Waals surface area contributed by atoms with Crippen molar-refractivity contribution in [3.05, 3.63) is 222 Å². The number of nitrogens with two attached hydrogens (primary N) is 5. The van der Waals surface area contributed by atoms with E-state index in [1.54, 1.807) is 71.3 Å². The number of hydrogen-bond acceptors (Lipinski definition) is 24. The number of amides is 2. The number of carbonyl (C=O) groups excluding carboxylic acids is 4. The molecule has 2 amide bonds. The number of anilines is 5. The first kappa shape index (κ1) is 108. The molecule has 0 saturated heterocycles. The van der Waals surface area contributed by atoms with Gasteiger partial charge in [-0.15, -0.1) is 12.4 Å². The lowest BCUT2D eigenvalue weighted by Crippen LogP contribution is -2.34. The first-order valence-electron chi connectivity index (χ1n) is 36.5. The summed E-state index contributed by atoms with van der Waals surface area (Å²) in [5.41, 5.74) is 22.9. The molecular formula is C82H115Br2ClN20O12. The number of Topliss-reactive ketones (excluding diaryl/α,β-unsaturated/α-hetero) is 1. The second-order valence-corrected chi connectivity index (χ2v) is 27.4. The molecule has 0 saturated carbocycles. The summed E-state index contributed by atoms with van der Waals surface area (Å²) in [7, 11) is 1.34. The number of methoxy groups -OCH3 is 1. The summed E-state index contributed by atoms with van der Waals surface area (Å²) in [4.78, 5) is 80.1. The van der Waals surface area contributed by atoms with E-state index in [9.17, 15) is 39.0 Å². The highest BCUT2D eigenvalue weighted by molar-refractivity contribution is 9.10. The van der Waals surface area contributed by atoms with Crippen LogP contribution in [-0.2, 0) is 33.8 Å². The zero-order chi connectivity index (χ0) is 84.9. The number of alkyl carbamates (subject to hydrolysis) is 2. The topological polar surface area (TPSA) is 531 Å². The standard InChI is InChI=1S/C22H25N5O4.C17H17N5O2.C16H22N4O2.C9H7NO.C7H6BrNO2.C4H11N.C4H10.C3H7Br.ClH.H4N2.H3N.H2O/c1-22(2,3)31-21(30)24-11-12-27-19(13-17(26-27)15-7-5-4-6-8-15)25-18-14-23-10-9-16(18)20(28)29;18-7-9-22-16(10-14(21-22)12-4-2-1-3-5-12)20-15-11-19-8-6-13(15)17(23)24;1-16(2,3)22-15(21)18-9-10-20-14(17)11-13(19-20)12-7-5-4-6-8-12;10-7-6-9(11)8-4-2-1-3-5-8;1-11-7(10)5-2-3-9-4-6(5)8;1-2-3-4-5;1-3-4-2;1-2-3-4;;1-2;;/h4-10,13-14,25H,11-12H2,1-3H3,(H,24,30)(H,28,29);1-6,8,10-11,20H,7,9,18H2,(H,23,24);4-8,11H,9-10,17H2,1-3H3,(H,18,21);1-5H,6H2;2-4H,1H3;2-5H2,1H3;3-4H2,1-2H3;2-3H2,1H3;1H;1-2H2;1H3;1H2. The van der Waals surface area contributed by atoms with E-state index >= 15 is 0 Å². The number of hydrazine groups is 1. The minimum absolute atomic E-state index is 0. The number of nitrogen functional groups attached to an aromatic ring is 1. The summed E-state index contributed by atoms with van der Waals surface area (Å²) < 4.78 is 20.6. The number of aromatic nitrogens is 9. The highest BCUT2D eigenvalue weighted by atomic mass is 79.9. The number of alkyl halides is 1. The summed E-state index contributed by atoms with van der Waals surface area (Å²) in [6.07, 6.45) is 14.1. The van der Waals surface area contributed by atoms with Crippen LogP contribution in [0.5, 0.6) is 0 Å². The van der Waals surface area contributed by atoms with Gasteiger partial charge >= 0.3 is 30.1 Å². The van der Waals surface area contributed by atoms with Gasteiger partial charge in [0.25, 0.3) is 0 Å². The smallest absolute Gasteiger partial charge is 0.407 e. The van der Waals surface area contributed by atoms with Gasteiger partial charge in [-0.3, -0.25) is 31.4 Å². The van der Waals surface area contributed by atoms with E-state index in [0.29, 0.717) is 82.8 Å².